The minimum absolute atomic E-state index is 0.199. The average molecular weight is 467 g/mol. The van der Waals surface area contributed by atoms with Gasteiger partial charge < -0.3 is 0 Å². The molecule has 0 saturated heterocycles. The molecule has 0 saturated carbocycles. The van der Waals surface area contributed by atoms with Gasteiger partial charge in [0.05, 0.1) is 11.9 Å². The Balaban J connectivity index is 1.35. The maximum absolute atomic E-state index is 13.1. The van der Waals surface area contributed by atoms with E-state index in [1.165, 1.54) is 17.3 Å². The highest BCUT2D eigenvalue weighted by Gasteiger charge is 2.16. The Bertz CT molecular complexity index is 1430. The minimum atomic E-state index is -0.296. The van der Waals surface area contributed by atoms with E-state index in [9.17, 15) is 9.59 Å². The molecule has 0 atom stereocenters. The molecule has 2 aromatic carbocycles. The molecule has 0 aliphatic heterocycles. The fourth-order valence-corrected chi connectivity index (χ4v) is 3.55. The molecule has 0 unspecified atom stereocenters. The Labute approximate surface area is 199 Å². The largest absolute Gasteiger partial charge is 0.292 e. The number of aromatic nitrogens is 7. The fourth-order valence-electron chi connectivity index (χ4n) is 3.55. The number of hydrogen-bond acceptors (Lipinski definition) is 6. The van der Waals surface area contributed by atoms with E-state index in [1.54, 1.807) is 29.1 Å². The summed E-state index contributed by atoms with van der Waals surface area (Å²) in [6, 6.07) is 16.8. The number of hydrogen-bond donors (Lipinski definition) is 3. The molecule has 35 heavy (non-hydrogen) atoms. The highest BCUT2D eigenvalue weighted by molar-refractivity contribution is 6.04. The van der Waals surface area contributed by atoms with Crippen molar-refractivity contribution in [2.45, 2.75) is 12.8 Å². The summed E-state index contributed by atoms with van der Waals surface area (Å²) in [5.74, 6) is -0.139. The Morgan fingerprint density at radius 3 is 2.57 bits per heavy atom. The Hall–Kier alpha value is -5.06. The normalized spacial score (nSPS) is 10.7. The van der Waals surface area contributed by atoms with Crippen molar-refractivity contribution in [3.63, 3.8) is 0 Å². The smallest absolute Gasteiger partial charge is 0.258 e. The van der Waals surface area contributed by atoms with Crippen LogP contribution in [0.1, 0.15) is 22.5 Å². The van der Waals surface area contributed by atoms with Crippen molar-refractivity contribution < 1.29 is 9.59 Å². The highest BCUT2D eigenvalue weighted by Crippen LogP contribution is 2.21. The number of para-hydroxylation sites is 1. The van der Waals surface area contributed by atoms with Crippen molar-refractivity contribution in [3.05, 3.63) is 97.1 Å². The van der Waals surface area contributed by atoms with Gasteiger partial charge in [-0.25, -0.2) is 9.66 Å². The van der Waals surface area contributed by atoms with E-state index in [2.05, 4.69) is 36.1 Å². The standard InChI is InChI=1S/C24H21N9O2/c34-22(31-32-15-27-28-16-32)10-9-20-14-33(21-7-2-1-3-8-21)24(29-20)30-23(35)18-6-4-5-17(11-18)19-12-25-26-13-19/h1-8,11-16H,9-10H2,(H,25,26)(H,31,34)(H,29,30,35). The minimum Gasteiger partial charge on any atom is -0.292 e. The van der Waals surface area contributed by atoms with Crippen LogP contribution in [0.15, 0.2) is 85.8 Å². The Morgan fingerprint density at radius 2 is 1.80 bits per heavy atom. The number of H-pyrrole nitrogens is 1. The number of aromatic amines is 1. The highest BCUT2D eigenvalue weighted by atomic mass is 16.2. The van der Waals surface area contributed by atoms with Crippen molar-refractivity contribution in [1.82, 2.24) is 34.6 Å². The first-order chi connectivity index (χ1) is 17.2. The maximum Gasteiger partial charge on any atom is 0.258 e. The van der Waals surface area contributed by atoms with Crippen LogP contribution in [0.3, 0.4) is 0 Å². The van der Waals surface area contributed by atoms with E-state index in [4.69, 9.17) is 0 Å². The van der Waals surface area contributed by atoms with E-state index >= 15 is 0 Å². The van der Waals surface area contributed by atoms with Gasteiger partial charge in [-0.3, -0.25) is 30.0 Å². The number of anilines is 1. The van der Waals surface area contributed by atoms with Gasteiger partial charge in [-0.15, -0.1) is 10.2 Å². The fraction of sp³-hybridized carbons (Fsp3) is 0.0833. The number of benzene rings is 2. The van der Waals surface area contributed by atoms with Crippen LogP contribution in [-0.4, -0.2) is 46.4 Å². The van der Waals surface area contributed by atoms with Crippen LogP contribution in [0, 0.1) is 0 Å². The molecule has 0 radical (unpaired) electrons. The molecule has 11 nitrogen and oxygen atoms in total. The second-order valence-electron chi connectivity index (χ2n) is 7.69. The summed E-state index contributed by atoms with van der Waals surface area (Å²) in [4.78, 5) is 29.9. The van der Waals surface area contributed by atoms with E-state index in [-0.39, 0.29) is 18.2 Å². The predicted molar refractivity (Wildman–Crippen MR) is 128 cm³/mol. The van der Waals surface area contributed by atoms with Crippen LogP contribution >= 0.6 is 0 Å². The van der Waals surface area contributed by atoms with E-state index in [0.29, 0.717) is 23.6 Å². The lowest BCUT2D eigenvalue weighted by Gasteiger charge is -2.09. The average Bonchev–Trinajstić information content (AvgIpc) is 3.66. The molecular weight excluding hydrogens is 446 g/mol. The molecule has 0 fully saturated rings. The second-order valence-corrected chi connectivity index (χ2v) is 7.69. The van der Waals surface area contributed by atoms with Gasteiger partial charge >= 0.3 is 0 Å². The maximum atomic E-state index is 13.1. The third kappa shape index (κ3) is 5.14. The Kier molecular flexibility index (Phi) is 6.11. The molecule has 0 bridgehead atoms. The number of amides is 2. The molecule has 0 aliphatic rings. The number of nitrogens with zero attached hydrogens (tertiary/aromatic N) is 6. The summed E-state index contributed by atoms with van der Waals surface area (Å²) >= 11 is 0. The zero-order valence-corrected chi connectivity index (χ0v) is 18.5. The summed E-state index contributed by atoms with van der Waals surface area (Å²) in [6.07, 6.45) is 8.67. The van der Waals surface area contributed by atoms with E-state index in [0.717, 1.165) is 16.8 Å². The van der Waals surface area contributed by atoms with Gasteiger partial charge in [0.15, 0.2) is 0 Å². The van der Waals surface area contributed by atoms with Crippen molar-refractivity contribution in [2.75, 3.05) is 10.7 Å². The summed E-state index contributed by atoms with van der Waals surface area (Å²) < 4.78 is 3.18. The molecule has 0 aliphatic carbocycles. The van der Waals surface area contributed by atoms with E-state index in [1.807, 2.05) is 48.7 Å². The van der Waals surface area contributed by atoms with Crippen LogP contribution in [0.25, 0.3) is 16.8 Å². The zero-order valence-electron chi connectivity index (χ0n) is 18.5. The van der Waals surface area contributed by atoms with Crippen molar-refractivity contribution >= 4 is 17.8 Å². The van der Waals surface area contributed by atoms with Gasteiger partial charge in [-0.05, 0) is 29.8 Å². The lowest BCUT2D eigenvalue weighted by atomic mass is 10.1. The summed E-state index contributed by atoms with van der Waals surface area (Å²) in [5, 5.41) is 17.0. The third-order valence-electron chi connectivity index (χ3n) is 5.25. The summed E-state index contributed by atoms with van der Waals surface area (Å²) in [6.45, 7) is 0. The zero-order chi connectivity index (χ0) is 24.0. The predicted octanol–water partition coefficient (Wildman–Crippen LogP) is 2.81. The first-order valence-corrected chi connectivity index (χ1v) is 10.8. The Morgan fingerprint density at radius 1 is 0.971 bits per heavy atom. The first kappa shape index (κ1) is 21.8. The van der Waals surface area contributed by atoms with Gasteiger partial charge in [0.1, 0.15) is 12.7 Å². The van der Waals surface area contributed by atoms with E-state index < -0.39 is 0 Å². The van der Waals surface area contributed by atoms with Gasteiger partial charge in [0, 0.05) is 42.0 Å². The monoisotopic (exact) mass is 467 g/mol. The first-order valence-electron chi connectivity index (χ1n) is 10.8. The molecule has 11 heteroatoms. The topological polar surface area (TPSA) is 135 Å². The lowest BCUT2D eigenvalue weighted by Crippen LogP contribution is -2.21. The van der Waals surface area contributed by atoms with Crippen molar-refractivity contribution in [3.8, 4) is 16.8 Å². The number of rotatable bonds is 8. The quantitative estimate of drug-likeness (QED) is 0.321. The molecule has 3 N–H and O–H groups in total. The molecule has 3 aromatic heterocycles. The van der Waals surface area contributed by atoms with Gasteiger partial charge in [-0.2, -0.15) is 5.10 Å². The van der Waals surface area contributed by atoms with Crippen molar-refractivity contribution in [2.24, 2.45) is 0 Å². The molecule has 174 valence electrons. The van der Waals surface area contributed by atoms with Gasteiger partial charge in [-0.1, -0.05) is 30.3 Å². The SMILES string of the molecule is O=C(CCc1cn(-c2ccccc2)c(NC(=O)c2cccc(-c3cn[nH]c3)c2)n1)Nn1cnnc1. The van der Waals surface area contributed by atoms with Crippen LogP contribution in [0.5, 0.6) is 0 Å². The number of aryl methyl sites for hydroxylation is 1. The molecule has 3 heterocycles. The van der Waals surface area contributed by atoms with Gasteiger partial charge in [0.2, 0.25) is 11.9 Å². The molecule has 2 amide bonds. The molecule has 0 spiro atoms. The number of carbonyl (C=O) groups is 2. The summed E-state index contributed by atoms with van der Waals surface area (Å²) in [5.41, 5.74) is 6.40. The van der Waals surface area contributed by atoms with Crippen LogP contribution in [0.2, 0.25) is 0 Å². The van der Waals surface area contributed by atoms with Gasteiger partial charge in [0.25, 0.3) is 5.91 Å². The second kappa shape index (κ2) is 9.83. The van der Waals surface area contributed by atoms with Crippen molar-refractivity contribution in [1.29, 1.82) is 0 Å². The lowest BCUT2D eigenvalue weighted by molar-refractivity contribution is -0.117. The van der Waals surface area contributed by atoms with Crippen LogP contribution in [0.4, 0.5) is 5.95 Å². The number of nitrogens with one attached hydrogen (secondary N) is 3. The molecular formula is C24H21N9O2. The third-order valence-corrected chi connectivity index (χ3v) is 5.25. The number of imidazole rings is 1. The molecule has 5 aromatic rings. The van der Waals surface area contributed by atoms with Crippen LogP contribution in [-0.2, 0) is 11.2 Å². The summed E-state index contributed by atoms with van der Waals surface area (Å²) in [7, 11) is 0. The number of carbonyl (C=O) groups excluding carboxylic acids is 2. The van der Waals surface area contributed by atoms with Crippen LogP contribution < -0.4 is 10.7 Å². The molecule has 5 rings (SSSR count).